The predicted octanol–water partition coefficient (Wildman–Crippen LogP) is 1.29. The van der Waals surface area contributed by atoms with Gasteiger partial charge in [-0.2, -0.15) is 0 Å². The van der Waals surface area contributed by atoms with Gasteiger partial charge in [-0.25, -0.2) is 0 Å². The topological polar surface area (TPSA) is 55.4 Å². The minimum Gasteiger partial charge on any atom is -0.459 e. The number of aldehydes is 1. The highest BCUT2D eigenvalue weighted by molar-refractivity contribution is 5.87. The van der Waals surface area contributed by atoms with Gasteiger partial charge in [0.15, 0.2) is 0 Å². The fourth-order valence-electron chi connectivity index (χ4n) is 1.85. The lowest BCUT2D eigenvalue weighted by Gasteiger charge is -2.22. The number of hydrogen-bond donors (Lipinski definition) is 1. The third-order valence-electron chi connectivity index (χ3n) is 2.57. The van der Waals surface area contributed by atoms with Crippen LogP contribution in [0.5, 0.6) is 0 Å². The Balaban J connectivity index is 2.46. The number of esters is 1. The molecule has 1 saturated heterocycles. The van der Waals surface area contributed by atoms with Gasteiger partial charge in [0.25, 0.3) is 0 Å². The molecule has 0 aromatic heterocycles. The van der Waals surface area contributed by atoms with Crippen molar-refractivity contribution in [2.45, 2.75) is 51.7 Å². The second kappa shape index (κ2) is 5.43. The van der Waals surface area contributed by atoms with Gasteiger partial charge in [0.2, 0.25) is 0 Å². The summed E-state index contributed by atoms with van der Waals surface area (Å²) in [5, 5.41) is 3.27. The van der Waals surface area contributed by atoms with E-state index in [1.54, 1.807) is 20.8 Å². The first-order chi connectivity index (χ1) is 7.42. The Morgan fingerprint density at radius 3 is 2.69 bits per heavy atom. The molecule has 0 aromatic carbocycles. The molecule has 92 valence electrons. The number of nitrogens with one attached hydrogen (secondary N) is 1. The van der Waals surface area contributed by atoms with E-state index in [0.29, 0.717) is 12.7 Å². The Morgan fingerprint density at radius 2 is 2.25 bits per heavy atom. The zero-order valence-electron chi connectivity index (χ0n) is 10.3. The van der Waals surface area contributed by atoms with Crippen LogP contribution in [0.15, 0.2) is 0 Å². The van der Waals surface area contributed by atoms with Gasteiger partial charge in [0.1, 0.15) is 17.8 Å². The maximum Gasteiger partial charge on any atom is 0.316 e. The summed E-state index contributed by atoms with van der Waals surface area (Å²) in [6.45, 7) is 6.40. The van der Waals surface area contributed by atoms with Gasteiger partial charge in [-0.05, 0) is 46.6 Å². The molecule has 2 atom stereocenters. The molecule has 1 fully saturated rings. The Bertz CT molecular complexity index is 251. The van der Waals surface area contributed by atoms with Gasteiger partial charge in [0.05, 0.1) is 0 Å². The first-order valence-corrected chi connectivity index (χ1v) is 5.84. The smallest absolute Gasteiger partial charge is 0.316 e. The lowest BCUT2D eigenvalue weighted by Crippen LogP contribution is -2.33. The number of carbonyl (C=O) groups is 2. The molecule has 4 nitrogen and oxygen atoms in total. The van der Waals surface area contributed by atoms with E-state index in [2.05, 4.69) is 5.32 Å². The van der Waals surface area contributed by atoms with Crippen LogP contribution in [0.1, 0.15) is 40.0 Å². The minimum absolute atomic E-state index is 0.280. The highest BCUT2D eigenvalue weighted by Gasteiger charge is 2.28. The van der Waals surface area contributed by atoms with Gasteiger partial charge < -0.3 is 14.8 Å². The van der Waals surface area contributed by atoms with Crippen LogP contribution in [-0.2, 0) is 14.3 Å². The van der Waals surface area contributed by atoms with Gasteiger partial charge in [-0.3, -0.25) is 4.79 Å². The zero-order chi connectivity index (χ0) is 12.2. The Kier molecular flexibility index (Phi) is 4.47. The van der Waals surface area contributed by atoms with Crippen molar-refractivity contribution >= 4 is 12.3 Å². The Morgan fingerprint density at radius 1 is 1.56 bits per heavy atom. The molecule has 1 heterocycles. The number of ether oxygens (including phenoxy) is 1. The van der Waals surface area contributed by atoms with Gasteiger partial charge in [-0.15, -0.1) is 0 Å². The SMILES string of the molecule is CC(C)(C)OC(=O)C(C=O)CC1CCCN1. The van der Waals surface area contributed by atoms with Crippen molar-refractivity contribution < 1.29 is 14.3 Å². The molecule has 4 heteroatoms. The second-order valence-electron chi connectivity index (χ2n) is 5.31. The second-order valence-corrected chi connectivity index (χ2v) is 5.31. The largest absolute Gasteiger partial charge is 0.459 e. The fraction of sp³-hybridized carbons (Fsp3) is 0.833. The third-order valence-corrected chi connectivity index (χ3v) is 2.57. The molecular formula is C12H21NO3. The summed E-state index contributed by atoms with van der Waals surface area (Å²) in [4.78, 5) is 22.6. The standard InChI is InChI=1S/C12H21NO3/c1-12(2,3)16-11(15)9(8-14)7-10-5-4-6-13-10/h8-10,13H,4-7H2,1-3H3. The molecule has 0 spiro atoms. The number of carbonyl (C=O) groups excluding carboxylic acids is 2. The van der Waals surface area contributed by atoms with Crippen molar-refractivity contribution in [2.75, 3.05) is 6.54 Å². The predicted molar refractivity (Wildman–Crippen MR) is 61.0 cm³/mol. The molecule has 1 rings (SSSR count). The zero-order valence-corrected chi connectivity index (χ0v) is 10.3. The van der Waals surface area contributed by atoms with Gasteiger partial charge >= 0.3 is 5.97 Å². The van der Waals surface area contributed by atoms with E-state index in [-0.39, 0.29) is 6.04 Å². The normalized spacial score (nSPS) is 22.8. The van der Waals surface area contributed by atoms with Crippen molar-refractivity contribution in [1.29, 1.82) is 0 Å². The first kappa shape index (κ1) is 13.2. The van der Waals surface area contributed by atoms with E-state index in [0.717, 1.165) is 19.4 Å². The number of rotatable bonds is 4. The molecule has 0 aromatic rings. The Labute approximate surface area is 96.7 Å². The third kappa shape index (κ3) is 4.31. The molecule has 0 saturated carbocycles. The van der Waals surface area contributed by atoms with Crippen molar-refractivity contribution in [2.24, 2.45) is 5.92 Å². The molecule has 0 radical (unpaired) electrons. The molecule has 0 amide bonds. The van der Waals surface area contributed by atoms with Crippen molar-refractivity contribution in [1.82, 2.24) is 5.32 Å². The lowest BCUT2D eigenvalue weighted by molar-refractivity contribution is -0.160. The van der Waals surface area contributed by atoms with E-state index < -0.39 is 17.5 Å². The summed E-state index contributed by atoms with van der Waals surface area (Å²) in [6.07, 6.45) is 3.41. The van der Waals surface area contributed by atoms with Crippen LogP contribution in [0.2, 0.25) is 0 Å². The van der Waals surface area contributed by atoms with E-state index >= 15 is 0 Å². The van der Waals surface area contributed by atoms with E-state index in [1.165, 1.54) is 0 Å². The summed E-state index contributed by atoms with van der Waals surface area (Å²) in [5.41, 5.74) is -0.526. The molecule has 1 N–H and O–H groups in total. The van der Waals surface area contributed by atoms with Crippen molar-refractivity contribution in [3.8, 4) is 0 Å². The molecule has 1 aliphatic heterocycles. The maximum absolute atomic E-state index is 11.7. The molecule has 1 aliphatic rings. The summed E-state index contributed by atoms with van der Waals surface area (Å²) >= 11 is 0. The van der Waals surface area contributed by atoms with Gasteiger partial charge in [0, 0.05) is 6.04 Å². The van der Waals surface area contributed by atoms with E-state index in [4.69, 9.17) is 4.74 Å². The first-order valence-electron chi connectivity index (χ1n) is 5.84. The quantitative estimate of drug-likeness (QED) is 0.446. The summed E-state index contributed by atoms with van der Waals surface area (Å²) in [6, 6.07) is 0.280. The summed E-state index contributed by atoms with van der Waals surface area (Å²) in [7, 11) is 0. The minimum atomic E-state index is -0.630. The van der Waals surface area contributed by atoms with E-state index in [1.807, 2.05) is 0 Å². The molecular weight excluding hydrogens is 206 g/mol. The monoisotopic (exact) mass is 227 g/mol. The molecule has 16 heavy (non-hydrogen) atoms. The van der Waals surface area contributed by atoms with Crippen LogP contribution < -0.4 is 5.32 Å². The summed E-state index contributed by atoms with van der Waals surface area (Å²) < 4.78 is 5.20. The summed E-state index contributed by atoms with van der Waals surface area (Å²) in [5.74, 6) is -1.04. The van der Waals surface area contributed by atoms with Crippen LogP contribution >= 0.6 is 0 Å². The molecule has 2 unspecified atom stereocenters. The maximum atomic E-state index is 11.7. The average Bonchev–Trinajstić information content (AvgIpc) is 2.63. The Hall–Kier alpha value is -0.900. The lowest BCUT2D eigenvalue weighted by atomic mass is 10.00. The van der Waals surface area contributed by atoms with Crippen LogP contribution in [0, 0.1) is 5.92 Å². The fourth-order valence-corrected chi connectivity index (χ4v) is 1.85. The van der Waals surface area contributed by atoms with Crippen LogP contribution in [0.3, 0.4) is 0 Å². The van der Waals surface area contributed by atoms with Crippen LogP contribution in [-0.4, -0.2) is 30.4 Å². The van der Waals surface area contributed by atoms with Crippen molar-refractivity contribution in [3.63, 3.8) is 0 Å². The van der Waals surface area contributed by atoms with Crippen molar-refractivity contribution in [3.05, 3.63) is 0 Å². The molecule has 0 bridgehead atoms. The van der Waals surface area contributed by atoms with Crippen LogP contribution in [0.4, 0.5) is 0 Å². The highest BCUT2D eigenvalue weighted by Crippen LogP contribution is 2.17. The van der Waals surface area contributed by atoms with Crippen LogP contribution in [0.25, 0.3) is 0 Å². The average molecular weight is 227 g/mol. The van der Waals surface area contributed by atoms with E-state index in [9.17, 15) is 9.59 Å². The van der Waals surface area contributed by atoms with Gasteiger partial charge in [-0.1, -0.05) is 0 Å². The highest BCUT2D eigenvalue weighted by atomic mass is 16.6. The number of hydrogen-bond acceptors (Lipinski definition) is 4. The molecule has 0 aliphatic carbocycles.